The van der Waals surface area contributed by atoms with Gasteiger partial charge in [0, 0.05) is 37.7 Å². The molecule has 150 valence electrons. The van der Waals surface area contributed by atoms with Gasteiger partial charge in [0.2, 0.25) is 5.91 Å². The first-order chi connectivity index (χ1) is 12.5. The van der Waals surface area contributed by atoms with Crippen molar-refractivity contribution in [1.29, 1.82) is 0 Å². The van der Waals surface area contributed by atoms with Gasteiger partial charge in [-0.2, -0.15) is 0 Å². The number of amides is 1. The highest BCUT2D eigenvalue weighted by atomic mass is 35.5. The Labute approximate surface area is 166 Å². The number of nitrogens with two attached hydrogens (primary N) is 1. The van der Waals surface area contributed by atoms with Gasteiger partial charge in [0.05, 0.1) is 4.90 Å². The second-order valence-electron chi connectivity index (χ2n) is 6.86. The Balaban J connectivity index is 0.00000261. The molecular formula is C18H27ClN4O3S. The Hall–Kier alpha value is -1.64. The van der Waals surface area contributed by atoms with Crippen LogP contribution in [0.15, 0.2) is 34.2 Å². The van der Waals surface area contributed by atoms with Crippen LogP contribution in [0.4, 0.5) is 0 Å². The third kappa shape index (κ3) is 5.43. The zero-order valence-electron chi connectivity index (χ0n) is 15.3. The van der Waals surface area contributed by atoms with Crippen LogP contribution in [0.5, 0.6) is 0 Å². The molecule has 1 fully saturated rings. The van der Waals surface area contributed by atoms with E-state index in [-0.39, 0.29) is 29.3 Å². The summed E-state index contributed by atoms with van der Waals surface area (Å²) in [5.74, 6) is 0.627. The Morgan fingerprint density at radius 2 is 1.89 bits per heavy atom. The summed E-state index contributed by atoms with van der Waals surface area (Å²) in [5, 5.41) is 0. The fourth-order valence-corrected chi connectivity index (χ4v) is 4.56. The van der Waals surface area contributed by atoms with Gasteiger partial charge in [-0.1, -0.05) is 18.6 Å². The van der Waals surface area contributed by atoms with Gasteiger partial charge in [-0.05, 0) is 37.8 Å². The summed E-state index contributed by atoms with van der Waals surface area (Å²) in [4.78, 5) is 18.7. The number of rotatable bonds is 6. The van der Waals surface area contributed by atoms with E-state index in [2.05, 4.69) is 9.71 Å². The molecule has 0 bridgehead atoms. The third-order valence-electron chi connectivity index (χ3n) is 4.87. The zero-order valence-corrected chi connectivity index (χ0v) is 16.9. The van der Waals surface area contributed by atoms with Crippen LogP contribution >= 0.6 is 12.4 Å². The van der Waals surface area contributed by atoms with Gasteiger partial charge in [0.25, 0.3) is 10.0 Å². The number of hydrogen-bond acceptors (Lipinski definition) is 5. The monoisotopic (exact) mass is 414 g/mol. The molecule has 0 aliphatic carbocycles. The van der Waals surface area contributed by atoms with Crippen molar-refractivity contribution in [3.63, 3.8) is 0 Å². The van der Waals surface area contributed by atoms with Crippen LogP contribution in [0, 0.1) is 0 Å². The number of carbonyl (C=O) groups excluding carboxylic acids is 1. The number of piperidine rings is 1. The molecule has 9 heteroatoms. The maximum Gasteiger partial charge on any atom is 0.263 e. The first-order valence-electron chi connectivity index (χ1n) is 9.17. The highest BCUT2D eigenvalue weighted by Crippen LogP contribution is 2.22. The van der Waals surface area contributed by atoms with Gasteiger partial charge in [-0.25, -0.2) is 8.42 Å². The summed E-state index contributed by atoms with van der Waals surface area (Å²) in [6, 6.07) is 7.08. The quantitative estimate of drug-likeness (QED) is 0.690. The first-order valence-corrected chi connectivity index (χ1v) is 10.7. The van der Waals surface area contributed by atoms with Crippen molar-refractivity contribution in [1.82, 2.24) is 9.62 Å². The number of aliphatic imine (C=N–C) groups is 1. The van der Waals surface area contributed by atoms with Crippen LogP contribution in [-0.4, -0.2) is 50.7 Å². The molecule has 2 heterocycles. The average Bonchev–Trinajstić information content (AvgIpc) is 2.89. The number of nitrogens with zero attached hydrogens (tertiary/aromatic N) is 2. The summed E-state index contributed by atoms with van der Waals surface area (Å²) in [6.07, 6.45) is 4.88. The van der Waals surface area contributed by atoms with Crippen molar-refractivity contribution in [3.05, 3.63) is 29.8 Å². The van der Waals surface area contributed by atoms with Crippen LogP contribution in [-0.2, 0) is 14.8 Å². The number of sulfonamides is 1. The molecule has 1 saturated heterocycles. The third-order valence-corrected chi connectivity index (χ3v) is 6.27. The minimum absolute atomic E-state index is 0. The number of fused-ring (bicyclic) bond motifs is 1. The fraction of sp³-hybridized carbons (Fsp3) is 0.556. The van der Waals surface area contributed by atoms with E-state index in [1.54, 1.807) is 24.3 Å². The van der Waals surface area contributed by atoms with Crippen LogP contribution < -0.4 is 10.5 Å². The van der Waals surface area contributed by atoms with Gasteiger partial charge in [-0.3, -0.25) is 14.5 Å². The summed E-state index contributed by atoms with van der Waals surface area (Å²) in [6.45, 7) is 2.08. The lowest BCUT2D eigenvalue weighted by molar-refractivity contribution is -0.132. The first kappa shape index (κ1) is 21.7. The van der Waals surface area contributed by atoms with E-state index in [4.69, 9.17) is 5.73 Å². The molecule has 1 amide bonds. The van der Waals surface area contributed by atoms with E-state index in [0.29, 0.717) is 24.4 Å². The minimum Gasteiger partial charge on any atom is -0.343 e. The maximum atomic E-state index is 12.1. The van der Waals surface area contributed by atoms with Gasteiger partial charge < -0.3 is 10.6 Å². The zero-order chi connectivity index (χ0) is 18.6. The second kappa shape index (κ2) is 9.52. The molecule has 2 aliphatic rings. The van der Waals surface area contributed by atoms with Crippen molar-refractivity contribution in [2.75, 3.05) is 19.6 Å². The number of unbranched alkanes of at least 4 members (excludes halogenated alkanes) is 2. The van der Waals surface area contributed by atoms with Gasteiger partial charge in [0.1, 0.15) is 5.84 Å². The summed E-state index contributed by atoms with van der Waals surface area (Å²) < 4.78 is 26.5. The number of benzene rings is 1. The summed E-state index contributed by atoms with van der Waals surface area (Å²) in [7, 11) is -3.47. The molecule has 0 radical (unpaired) electrons. The molecule has 7 nitrogen and oxygen atoms in total. The van der Waals surface area contributed by atoms with Crippen molar-refractivity contribution >= 4 is 34.2 Å². The predicted octanol–water partition coefficient (Wildman–Crippen LogP) is 1.66. The second-order valence-corrected chi connectivity index (χ2v) is 8.51. The Morgan fingerprint density at radius 1 is 1.19 bits per heavy atom. The standard InChI is InChI=1S/C18H26N4O3S.ClH/c19-14-9-12-22(13-10-14)17(23)8-2-1-5-11-20-18-15-6-3-4-7-16(15)26(24,25)21-18;/h3-4,6-7,14H,1-2,5,8-13,19H2,(H,20,21);1H. The fourth-order valence-electron chi connectivity index (χ4n) is 3.31. The molecular weight excluding hydrogens is 388 g/mol. The Bertz CT molecular complexity index is 790. The maximum absolute atomic E-state index is 12.1. The lowest BCUT2D eigenvalue weighted by Gasteiger charge is -2.30. The number of likely N-dealkylation sites (tertiary alicyclic amines) is 1. The van der Waals surface area contributed by atoms with Crippen LogP contribution in [0.2, 0.25) is 0 Å². The molecule has 3 N–H and O–H groups in total. The predicted molar refractivity (Wildman–Crippen MR) is 108 cm³/mol. The Morgan fingerprint density at radius 3 is 2.63 bits per heavy atom. The number of amidine groups is 1. The molecule has 0 aromatic heterocycles. The smallest absolute Gasteiger partial charge is 0.263 e. The van der Waals surface area contributed by atoms with E-state index in [9.17, 15) is 13.2 Å². The molecule has 1 aromatic rings. The molecule has 27 heavy (non-hydrogen) atoms. The average molecular weight is 415 g/mol. The van der Waals surface area contributed by atoms with Gasteiger partial charge >= 0.3 is 0 Å². The van der Waals surface area contributed by atoms with Crippen molar-refractivity contribution in [2.45, 2.75) is 49.5 Å². The Kier molecular flexibility index (Phi) is 7.64. The number of hydrogen-bond donors (Lipinski definition) is 2. The number of nitrogens with one attached hydrogen (secondary N) is 1. The lowest BCUT2D eigenvalue weighted by Crippen LogP contribution is -2.42. The molecule has 2 aliphatic heterocycles. The van der Waals surface area contributed by atoms with Crippen molar-refractivity contribution in [2.24, 2.45) is 10.7 Å². The van der Waals surface area contributed by atoms with E-state index < -0.39 is 10.0 Å². The minimum atomic E-state index is -3.47. The summed E-state index contributed by atoms with van der Waals surface area (Å²) in [5.41, 5.74) is 6.49. The van der Waals surface area contributed by atoms with E-state index >= 15 is 0 Å². The van der Waals surface area contributed by atoms with E-state index in [1.807, 2.05) is 4.90 Å². The number of carbonyl (C=O) groups is 1. The SMILES string of the molecule is Cl.NC1CCN(C(=O)CCCCCN=C2NS(=O)(=O)c3ccccc32)CC1. The molecule has 3 rings (SSSR count). The van der Waals surface area contributed by atoms with E-state index in [1.165, 1.54) is 0 Å². The van der Waals surface area contributed by atoms with Gasteiger partial charge in [0.15, 0.2) is 0 Å². The normalized spacial score (nSPS) is 20.0. The molecule has 0 saturated carbocycles. The molecule has 0 atom stereocenters. The van der Waals surface area contributed by atoms with Crippen molar-refractivity contribution < 1.29 is 13.2 Å². The van der Waals surface area contributed by atoms with Crippen LogP contribution in [0.25, 0.3) is 0 Å². The highest BCUT2D eigenvalue weighted by molar-refractivity contribution is 7.90. The topological polar surface area (TPSA) is 105 Å². The van der Waals surface area contributed by atoms with Crippen LogP contribution in [0.3, 0.4) is 0 Å². The highest BCUT2D eigenvalue weighted by Gasteiger charge is 2.29. The number of halogens is 1. The van der Waals surface area contributed by atoms with E-state index in [0.717, 1.165) is 45.2 Å². The van der Waals surface area contributed by atoms with Crippen LogP contribution in [0.1, 0.15) is 44.1 Å². The molecule has 0 unspecified atom stereocenters. The molecule has 0 spiro atoms. The molecule has 1 aromatic carbocycles. The van der Waals surface area contributed by atoms with Crippen molar-refractivity contribution in [3.8, 4) is 0 Å². The summed E-state index contributed by atoms with van der Waals surface area (Å²) >= 11 is 0. The van der Waals surface area contributed by atoms with Gasteiger partial charge in [-0.15, -0.1) is 12.4 Å². The lowest BCUT2D eigenvalue weighted by atomic mass is 10.1. The largest absolute Gasteiger partial charge is 0.343 e.